The SMILES string of the molecule is C=NOC(=NC(C)(C)C)NC(C)(C)C.CC(CCl)=NOC(=NC(C)(C)C)NC(C)(C)C.CN=C(C)O/N=C(/C)C(C)=NOC(=NC(C)(C)C)NC(C)(C)C. The van der Waals surface area contributed by atoms with Crippen LogP contribution in [-0.2, 0) is 19.4 Å². The fraction of sp³-hybridized carbons (Fsp3) is 0.789. The van der Waals surface area contributed by atoms with Gasteiger partial charge in [-0.3, -0.25) is 4.99 Å². The number of nitrogens with one attached hydrogen (secondary N) is 3. The molecule has 0 aromatic heterocycles. The zero-order valence-electron chi connectivity index (χ0n) is 38.0. The summed E-state index contributed by atoms with van der Waals surface area (Å²) in [6.07, 6.45) is 0. The zero-order chi connectivity index (χ0) is 43.4. The van der Waals surface area contributed by atoms with Gasteiger partial charge in [-0.15, -0.1) is 11.6 Å². The van der Waals surface area contributed by atoms with Crippen molar-refractivity contribution in [2.24, 2.45) is 40.6 Å². The number of halogens is 1. The van der Waals surface area contributed by atoms with E-state index in [1.165, 1.54) is 0 Å². The minimum Gasteiger partial charge on any atom is -0.342 e. The second-order valence-corrected chi connectivity index (χ2v) is 18.7. The van der Waals surface area contributed by atoms with Gasteiger partial charge in [-0.1, -0.05) is 20.6 Å². The summed E-state index contributed by atoms with van der Waals surface area (Å²) in [4.78, 5) is 37.9. The number of rotatable bonds is 6. The standard InChI is InChI=1S/C16H31N5O2.C12H24ClN3O.C10H21N3O/c1-11(20-22-13(3)17-10)12(2)21-23-14(18-15(4,5)6)19-16(7,8)9;1-9(8-13)16-17-10(14-11(2,3)4)15-12(5,6)7;1-9(2,3)12-8(14-11-7)13-10(4,5)6/h1-10H3,(H,18,19);8H2,1-7H3,(H,14,15);7H2,1-6H3,(H,12,13)/b17-13?,20-11-,21-12?;;. The van der Waals surface area contributed by atoms with E-state index >= 15 is 0 Å². The van der Waals surface area contributed by atoms with Crippen LogP contribution >= 0.6 is 11.6 Å². The van der Waals surface area contributed by atoms with E-state index in [2.05, 4.69) is 63.3 Å². The van der Waals surface area contributed by atoms with Crippen molar-refractivity contribution < 1.29 is 19.4 Å². The highest BCUT2D eigenvalue weighted by Gasteiger charge is 2.20. The second kappa shape index (κ2) is 23.9. The molecule has 0 atom stereocenters. The van der Waals surface area contributed by atoms with Gasteiger partial charge in [-0.05, 0) is 145 Å². The van der Waals surface area contributed by atoms with Crippen molar-refractivity contribution in [3.8, 4) is 0 Å². The quantitative estimate of drug-likeness (QED) is 0.105. The van der Waals surface area contributed by atoms with E-state index in [1.807, 2.05) is 125 Å². The number of aliphatic imine (C=N–C) groups is 4. The van der Waals surface area contributed by atoms with Gasteiger partial charge in [0, 0.05) is 37.3 Å². The molecular formula is C38H76ClN11O4. The van der Waals surface area contributed by atoms with Crippen LogP contribution in [-0.4, -0.2) is 94.0 Å². The van der Waals surface area contributed by atoms with E-state index in [4.69, 9.17) is 31.0 Å². The smallest absolute Gasteiger partial charge is 0.315 e. The van der Waals surface area contributed by atoms with Crippen LogP contribution < -0.4 is 16.0 Å². The maximum Gasteiger partial charge on any atom is 0.315 e. The molecule has 54 heavy (non-hydrogen) atoms. The Kier molecular flexibility index (Phi) is 24.2. The molecule has 0 aliphatic rings. The average molecular weight is 787 g/mol. The van der Waals surface area contributed by atoms with Gasteiger partial charge in [0.25, 0.3) is 0 Å². The van der Waals surface area contributed by atoms with E-state index in [-0.39, 0.29) is 33.2 Å². The first-order valence-corrected chi connectivity index (χ1v) is 18.5. The summed E-state index contributed by atoms with van der Waals surface area (Å²) in [7, 11) is 1.64. The highest BCUT2D eigenvalue weighted by molar-refractivity contribution is 6.40. The highest BCUT2D eigenvalue weighted by Crippen LogP contribution is 2.11. The molecule has 0 aromatic rings. The van der Waals surface area contributed by atoms with Gasteiger partial charge >= 0.3 is 18.1 Å². The third-order valence-corrected chi connectivity index (χ3v) is 5.20. The van der Waals surface area contributed by atoms with E-state index < -0.39 is 0 Å². The van der Waals surface area contributed by atoms with Gasteiger partial charge in [0.1, 0.15) is 11.4 Å². The summed E-state index contributed by atoms with van der Waals surface area (Å²) in [6.45, 7) is 46.6. The van der Waals surface area contributed by atoms with Gasteiger partial charge in [0.05, 0.1) is 28.2 Å². The van der Waals surface area contributed by atoms with E-state index in [0.29, 0.717) is 47.0 Å². The number of amidine groups is 3. The number of hydrogen-bond acceptors (Lipinski definition) is 12. The molecule has 0 radical (unpaired) electrons. The largest absolute Gasteiger partial charge is 0.342 e. The van der Waals surface area contributed by atoms with Crippen LogP contribution in [0.5, 0.6) is 0 Å². The molecule has 0 heterocycles. The maximum absolute atomic E-state index is 5.63. The van der Waals surface area contributed by atoms with Gasteiger partial charge in [-0.25, -0.2) is 15.0 Å². The van der Waals surface area contributed by atoms with Crippen LogP contribution in [0.3, 0.4) is 0 Å². The fourth-order valence-electron chi connectivity index (χ4n) is 2.72. The number of oxime groups is 4. The van der Waals surface area contributed by atoms with Crippen molar-refractivity contribution in [1.82, 2.24) is 16.0 Å². The first-order valence-electron chi connectivity index (χ1n) is 17.9. The predicted octanol–water partition coefficient (Wildman–Crippen LogP) is 8.68. The van der Waals surface area contributed by atoms with Crippen LogP contribution in [0.2, 0.25) is 0 Å². The Morgan fingerprint density at radius 2 is 0.796 bits per heavy atom. The Morgan fingerprint density at radius 1 is 0.500 bits per heavy atom. The van der Waals surface area contributed by atoms with Crippen LogP contribution in [0.25, 0.3) is 0 Å². The lowest BCUT2D eigenvalue weighted by Gasteiger charge is -2.23. The van der Waals surface area contributed by atoms with Crippen molar-refractivity contribution in [3.63, 3.8) is 0 Å². The molecule has 15 nitrogen and oxygen atoms in total. The van der Waals surface area contributed by atoms with Crippen LogP contribution in [0.4, 0.5) is 0 Å². The van der Waals surface area contributed by atoms with E-state index in [9.17, 15) is 0 Å². The summed E-state index contributed by atoms with van der Waals surface area (Å²) < 4.78 is 0. The molecule has 0 amide bonds. The summed E-state index contributed by atoms with van der Waals surface area (Å²) in [6, 6.07) is 1.18. The Hall–Kier alpha value is -3.75. The van der Waals surface area contributed by atoms with E-state index in [0.717, 1.165) is 0 Å². The Balaban J connectivity index is -0.000000748. The van der Waals surface area contributed by atoms with Crippen molar-refractivity contribution in [3.05, 3.63) is 0 Å². The molecule has 0 aliphatic heterocycles. The highest BCUT2D eigenvalue weighted by atomic mass is 35.5. The first kappa shape index (κ1) is 54.6. The minimum atomic E-state index is -0.280. The van der Waals surface area contributed by atoms with Gasteiger partial charge < -0.3 is 35.3 Å². The molecular weight excluding hydrogens is 710 g/mol. The lowest BCUT2D eigenvalue weighted by molar-refractivity contribution is 0.285. The first-order chi connectivity index (χ1) is 24.0. The monoisotopic (exact) mass is 786 g/mol. The normalized spacial score (nSPS) is 14.9. The Bertz CT molecular complexity index is 1340. The third kappa shape index (κ3) is 39.5. The van der Waals surface area contributed by atoms with Gasteiger partial charge in [0.2, 0.25) is 5.90 Å². The topological polar surface area (TPSA) is 172 Å². The summed E-state index contributed by atoms with van der Waals surface area (Å²) in [5.74, 6) is 0.820. The maximum atomic E-state index is 5.63. The molecule has 0 spiro atoms. The molecule has 0 unspecified atom stereocenters. The second-order valence-electron chi connectivity index (χ2n) is 18.4. The molecule has 0 saturated carbocycles. The molecule has 16 heteroatoms. The molecule has 0 aliphatic carbocycles. The molecule has 0 bridgehead atoms. The predicted molar refractivity (Wildman–Crippen MR) is 233 cm³/mol. The fourth-order valence-corrected chi connectivity index (χ4v) is 2.76. The average Bonchev–Trinajstić information content (AvgIpc) is 2.92. The number of hydrogen-bond donors (Lipinski definition) is 3. The molecule has 0 saturated heterocycles. The minimum absolute atomic E-state index is 0.102. The summed E-state index contributed by atoms with van der Waals surface area (Å²) >= 11 is 5.63. The van der Waals surface area contributed by atoms with Crippen molar-refractivity contribution in [1.29, 1.82) is 0 Å². The van der Waals surface area contributed by atoms with Crippen LogP contribution in [0.15, 0.2) is 40.6 Å². The lowest BCUT2D eigenvalue weighted by atomic mass is 10.1. The van der Waals surface area contributed by atoms with E-state index in [1.54, 1.807) is 34.7 Å². The molecule has 3 N–H and O–H groups in total. The van der Waals surface area contributed by atoms with Crippen LogP contribution in [0, 0.1) is 0 Å². The Morgan fingerprint density at radius 3 is 1.06 bits per heavy atom. The van der Waals surface area contributed by atoms with Gasteiger partial charge in [0.15, 0.2) is 0 Å². The molecule has 0 fully saturated rings. The summed E-state index contributed by atoms with van der Waals surface area (Å²) in [5.41, 5.74) is 0.778. The zero-order valence-corrected chi connectivity index (χ0v) is 38.8. The molecule has 0 aromatic carbocycles. The van der Waals surface area contributed by atoms with Crippen molar-refractivity contribution in [2.45, 2.75) is 186 Å². The number of alkyl halides is 1. The van der Waals surface area contributed by atoms with Crippen molar-refractivity contribution >= 4 is 59.4 Å². The summed E-state index contributed by atoms with van der Waals surface area (Å²) in [5, 5.41) is 24.7. The molecule has 0 rings (SSSR count). The third-order valence-electron chi connectivity index (χ3n) is 4.81. The van der Waals surface area contributed by atoms with Gasteiger partial charge in [-0.2, -0.15) is 0 Å². The van der Waals surface area contributed by atoms with Crippen molar-refractivity contribution in [2.75, 3.05) is 12.9 Å². The lowest BCUT2D eigenvalue weighted by Crippen LogP contribution is -2.42. The Labute approximate surface area is 333 Å². The number of nitrogens with zero attached hydrogens (tertiary/aromatic N) is 8. The van der Waals surface area contributed by atoms with Crippen LogP contribution in [0.1, 0.15) is 152 Å². The molecule has 314 valence electrons.